The molecule has 1 aromatic rings. The number of carbonyl (C=O) groups is 1. The lowest BCUT2D eigenvalue weighted by Gasteiger charge is -2.07. The fourth-order valence-electron chi connectivity index (χ4n) is 1.83. The number of hydrogen-bond acceptors (Lipinski definition) is 3. The minimum atomic E-state index is -0.608. The number of unbranched alkanes of at least 4 members (excludes halogenated alkanes) is 5. The summed E-state index contributed by atoms with van der Waals surface area (Å²) in [5, 5.41) is 0. The van der Waals surface area contributed by atoms with Gasteiger partial charge >= 0.3 is 6.16 Å². The van der Waals surface area contributed by atoms with Gasteiger partial charge in [-0.2, -0.15) is 0 Å². The van der Waals surface area contributed by atoms with Crippen LogP contribution < -0.4 is 4.74 Å². The highest BCUT2D eigenvalue weighted by Gasteiger charge is 2.07. The van der Waals surface area contributed by atoms with Gasteiger partial charge in [-0.1, -0.05) is 57.2 Å². The molecule has 0 aromatic heterocycles. The first kappa shape index (κ1) is 15.5. The van der Waals surface area contributed by atoms with E-state index in [0.717, 1.165) is 18.4 Å². The number of aryl methyl sites for hydroxylation is 1. The maximum atomic E-state index is 11.5. The highest BCUT2D eigenvalue weighted by molar-refractivity contribution is 5.64. The first-order chi connectivity index (χ1) is 9.24. The molecule has 0 atom stereocenters. The summed E-state index contributed by atoms with van der Waals surface area (Å²) in [6.45, 7) is 4.54. The first-order valence-corrected chi connectivity index (χ1v) is 7.14. The Morgan fingerprint density at radius 2 is 1.74 bits per heavy atom. The third kappa shape index (κ3) is 6.85. The summed E-state index contributed by atoms with van der Waals surface area (Å²) >= 11 is 0. The van der Waals surface area contributed by atoms with Crippen molar-refractivity contribution in [3.8, 4) is 5.75 Å². The van der Waals surface area contributed by atoms with Crippen molar-refractivity contribution in [1.29, 1.82) is 0 Å². The van der Waals surface area contributed by atoms with Gasteiger partial charge in [0.1, 0.15) is 5.75 Å². The first-order valence-electron chi connectivity index (χ1n) is 7.14. The lowest BCUT2D eigenvalue weighted by atomic mass is 10.1. The van der Waals surface area contributed by atoms with Gasteiger partial charge in [0.2, 0.25) is 0 Å². The Hall–Kier alpha value is -1.51. The van der Waals surface area contributed by atoms with Crippen LogP contribution in [0.2, 0.25) is 0 Å². The number of carbonyl (C=O) groups excluding carboxylic acids is 1. The molecule has 0 N–H and O–H groups in total. The van der Waals surface area contributed by atoms with E-state index in [1.165, 1.54) is 25.7 Å². The number of benzene rings is 1. The predicted molar refractivity (Wildman–Crippen MR) is 76.5 cm³/mol. The molecular weight excluding hydrogens is 240 g/mol. The van der Waals surface area contributed by atoms with E-state index in [1.54, 1.807) is 6.07 Å². The van der Waals surface area contributed by atoms with Gasteiger partial charge in [0, 0.05) is 0 Å². The highest BCUT2D eigenvalue weighted by atomic mass is 16.7. The Bertz CT molecular complexity index is 374. The van der Waals surface area contributed by atoms with E-state index in [2.05, 4.69) is 6.92 Å². The lowest BCUT2D eigenvalue weighted by Crippen LogP contribution is -2.12. The number of para-hydroxylation sites is 1. The maximum absolute atomic E-state index is 11.5. The third-order valence-electron chi connectivity index (χ3n) is 3.00. The van der Waals surface area contributed by atoms with Crippen LogP contribution in [0.15, 0.2) is 24.3 Å². The zero-order valence-corrected chi connectivity index (χ0v) is 12.0. The summed E-state index contributed by atoms with van der Waals surface area (Å²) in [6, 6.07) is 7.41. The standard InChI is InChI=1S/C16H24O3/c1-3-4-5-6-7-10-13-18-16(17)19-15-12-9-8-11-14(15)2/h8-9,11-12H,3-7,10,13H2,1-2H3. The Morgan fingerprint density at radius 1 is 1.05 bits per heavy atom. The average Bonchev–Trinajstić information content (AvgIpc) is 2.40. The molecule has 1 rings (SSSR count). The zero-order valence-electron chi connectivity index (χ0n) is 12.0. The average molecular weight is 264 g/mol. The van der Waals surface area contributed by atoms with Gasteiger partial charge in [-0.15, -0.1) is 0 Å². The second kappa shape index (κ2) is 9.42. The highest BCUT2D eigenvalue weighted by Crippen LogP contribution is 2.16. The zero-order chi connectivity index (χ0) is 13.9. The Morgan fingerprint density at radius 3 is 2.47 bits per heavy atom. The van der Waals surface area contributed by atoms with Gasteiger partial charge in [0.25, 0.3) is 0 Å². The van der Waals surface area contributed by atoms with E-state index in [1.807, 2.05) is 25.1 Å². The summed E-state index contributed by atoms with van der Waals surface area (Å²) in [6.07, 6.45) is 6.43. The summed E-state index contributed by atoms with van der Waals surface area (Å²) in [4.78, 5) is 11.5. The van der Waals surface area contributed by atoms with E-state index in [-0.39, 0.29) is 0 Å². The molecule has 0 unspecified atom stereocenters. The summed E-state index contributed by atoms with van der Waals surface area (Å²) in [5.74, 6) is 0.565. The van der Waals surface area contributed by atoms with Crippen molar-refractivity contribution in [1.82, 2.24) is 0 Å². The van der Waals surface area contributed by atoms with Gasteiger partial charge in [-0.3, -0.25) is 0 Å². The van der Waals surface area contributed by atoms with Crippen LogP contribution >= 0.6 is 0 Å². The largest absolute Gasteiger partial charge is 0.513 e. The normalized spacial score (nSPS) is 10.2. The molecule has 0 amide bonds. The van der Waals surface area contributed by atoms with Crippen molar-refractivity contribution in [2.24, 2.45) is 0 Å². The smallest absolute Gasteiger partial charge is 0.434 e. The molecule has 19 heavy (non-hydrogen) atoms. The molecular formula is C16H24O3. The molecule has 0 fully saturated rings. The van der Waals surface area contributed by atoms with Crippen molar-refractivity contribution in [3.05, 3.63) is 29.8 Å². The van der Waals surface area contributed by atoms with Crippen molar-refractivity contribution < 1.29 is 14.3 Å². The van der Waals surface area contributed by atoms with Crippen LogP contribution in [0.25, 0.3) is 0 Å². The number of ether oxygens (including phenoxy) is 2. The van der Waals surface area contributed by atoms with E-state index in [9.17, 15) is 4.79 Å². The molecule has 1 aromatic carbocycles. The molecule has 0 aliphatic rings. The maximum Gasteiger partial charge on any atom is 0.513 e. The molecule has 0 radical (unpaired) electrons. The second-order valence-corrected chi connectivity index (χ2v) is 4.73. The van der Waals surface area contributed by atoms with Crippen LogP contribution in [-0.2, 0) is 4.74 Å². The number of hydrogen-bond donors (Lipinski definition) is 0. The summed E-state index contributed by atoms with van der Waals surface area (Å²) < 4.78 is 10.2. The molecule has 0 bridgehead atoms. The molecule has 3 nitrogen and oxygen atoms in total. The van der Waals surface area contributed by atoms with Crippen molar-refractivity contribution in [2.75, 3.05) is 6.61 Å². The van der Waals surface area contributed by atoms with Gasteiger partial charge < -0.3 is 9.47 Å². The molecule has 0 saturated heterocycles. The molecule has 0 heterocycles. The van der Waals surface area contributed by atoms with E-state index < -0.39 is 6.16 Å². The van der Waals surface area contributed by atoms with Crippen LogP contribution in [0.3, 0.4) is 0 Å². The van der Waals surface area contributed by atoms with Crippen molar-refractivity contribution >= 4 is 6.16 Å². The quantitative estimate of drug-likeness (QED) is 0.381. The van der Waals surface area contributed by atoms with Crippen LogP contribution in [0, 0.1) is 6.92 Å². The topological polar surface area (TPSA) is 35.5 Å². The molecule has 0 spiro atoms. The van der Waals surface area contributed by atoms with Crippen molar-refractivity contribution in [2.45, 2.75) is 52.4 Å². The van der Waals surface area contributed by atoms with E-state index >= 15 is 0 Å². The molecule has 0 aliphatic heterocycles. The minimum Gasteiger partial charge on any atom is -0.434 e. The SMILES string of the molecule is CCCCCCCCOC(=O)Oc1ccccc1C. The van der Waals surface area contributed by atoms with Gasteiger partial charge in [0.05, 0.1) is 6.61 Å². The van der Waals surface area contributed by atoms with Gasteiger partial charge in [-0.25, -0.2) is 4.79 Å². The molecule has 0 saturated carbocycles. The number of rotatable bonds is 8. The van der Waals surface area contributed by atoms with Crippen LogP contribution in [-0.4, -0.2) is 12.8 Å². The summed E-state index contributed by atoms with van der Waals surface area (Å²) in [5.41, 5.74) is 0.930. The van der Waals surface area contributed by atoms with E-state index in [4.69, 9.17) is 9.47 Å². The molecule has 106 valence electrons. The Balaban J connectivity index is 2.10. The summed E-state index contributed by atoms with van der Waals surface area (Å²) in [7, 11) is 0. The predicted octanol–water partition coefficient (Wildman–Crippen LogP) is 4.87. The lowest BCUT2D eigenvalue weighted by molar-refractivity contribution is 0.0970. The van der Waals surface area contributed by atoms with E-state index in [0.29, 0.717) is 12.4 Å². The fourth-order valence-corrected chi connectivity index (χ4v) is 1.83. The second-order valence-electron chi connectivity index (χ2n) is 4.73. The molecule has 3 heteroatoms. The van der Waals surface area contributed by atoms with Crippen molar-refractivity contribution in [3.63, 3.8) is 0 Å². The van der Waals surface area contributed by atoms with Crippen LogP contribution in [0.5, 0.6) is 5.75 Å². The third-order valence-corrected chi connectivity index (χ3v) is 3.00. The van der Waals surface area contributed by atoms with Crippen LogP contribution in [0.4, 0.5) is 4.79 Å². The Labute approximate surface area is 115 Å². The fraction of sp³-hybridized carbons (Fsp3) is 0.562. The molecule has 0 aliphatic carbocycles. The monoisotopic (exact) mass is 264 g/mol. The Kier molecular flexibility index (Phi) is 7.71. The minimum absolute atomic E-state index is 0.441. The van der Waals surface area contributed by atoms with Crippen LogP contribution in [0.1, 0.15) is 51.0 Å². The van der Waals surface area contributed by atoms with Gasteiger partial charge in [0.15, 0.2) is 0 Å². The van der Waals surface area contributed by atoms with Gasteiger partial charge in [-0.05, 0) is 25.0 Å².